The van der Waals surface area contributed by atoms with Gasteiger partial charge in [-0.3, -0.25) is 0 Å². The van der Waals surface area contributed by atoms with Crippen LogP contribution in [0.25, 0.3) is 0 Å². The molecule has 5 nitrogen and oxygen atoms in total. The van der Waals surface area contributed by atoms with Gasteiger partial charge in [0.2, 0.25) is 0 Å². The first kappa shape index (κ1) is 23.9. The number of benzene rings is 1. The van der Waals surface area contributed by atoms with E-state index in [2.05, 4.69) is 25.3 Å². The number of alkyl halides is 2. The van der Waals surface area contributed by atoms with E-state index >= 15 is 0 Å². The van der Waals surface area contributed by atoms with E-state index in [1.807, 2.05) is 12.3 Å². The molecule has 0 aliphatic carbocycles. The lowest BCUT2D eigenvalue weighted by Crippen LogP contribution is -2.37. The molecular weight excluding hydrogens is 505 g/mol. The number of para-hydroxylation sites is 1. The minimum atomic E-state index is -2.85. The van der Waals surface area contributed by atoms with Gasteiger partial charge in [0.1, 0.15) is 10.1 Å². The molecule has 0 saturated heterocycles. The Balaban J connectivity index is 0.00000364. The maximum atomic E-state index is 12.5. The lowest BCUT2D eigenvalue weighted by Gasteiger charge is -2.12. The van der Waals surface area contributed by atoms with Gasteiger partial charge in [-0.1, -0.05) is 30.0 Å². The van der Waals surface area contributed by atoms with Gasteiger partial charge in [-0.15, -0.1) is 35.3 Å². The van der Waals surface area contributed by atoms with Crippen molar-refractivity contribution in [2.45, 2.75) is 30.8 Å². The molecule has 1 aromatic heterocycles. The second kappa shape index (κ2) is 13.9. The van der Waals surface area contributed by atoms with Crippen molar-refractivity contribution in [1.29, 1.82) is 0 Å². The molecule has 0 aliphatic rings. The Morgan fingerprint density at radius 1 is 1.33 bits per heavy atom. The van der Waals surface area contributed by atoms with Crippen LogP contribution >= 0.6 is 47.1 Å². The molecule has 2 aromatic rings. The van der Waals surface area contributed by atoms with Crippen LogP contribution in [0.5, 0.6) is 5.75 Å². The molecule has 0 bridgehead atoms. The summed E-state index contributed by atoms with van der Waals surface area (Å²) < 4.78 is 30.6. The minimum Gasteiger partial charge on any atom is -0.434 e. The predicted octanol–water partition coefficient (Wildman–Crippen LogP) is 4.60. The molecule has 0 atom stereocenters. The summed E-state index contributed by atoms with van der Waals surface area (Å²) in [4.78, 5) is 8.68. The van der Waals surface area contributed by atoms with Gasteiger partial charge in [0.05, 0.1) is 6.54 Å². The van der Waals surface area contributed by atoms with E-state index in [4.69, 9.17) is 0 Å². The van der Waals surface area contributed by atoms with E-state index < -0.39 is 6.61 Å². The topological polar surface area (TPSA) is 58.5 Å². The van der Waals surface area contributed by atoms with Crippen LogP contribution in [0.15, 0.2) is 45.2 Å². The third-order valence-corrected chi connectivity index (χ3v) is 5.24. The lowest BCUT2D eigenvalue weighted by atomic mass is 10.2. The molecule has 1 aromatic carbocycles. The number of thiazole rings is 1. The Morgan fingerprint density at radius 3 is 2.85 bits per heavy atom. The fraction of sp³-hybridized carbons (Fsp3) is 0.412. The van der Waals surface area contributed by atoms with Crippen molar-refractivity contribution in [3.63, 3.8) is 0 Å². The molecule has 27 heavy (non-hydrogen) atoms. The van der Waals surface area contributed by atoms with E-state index in [1.54, 1.807) is 47.5 Å². The minimum absolute atomic E-state index is 0. The number of aromatic nitrogens is 1. The zero-order chi connectivity index (χ0) is 18.6. The Labute approximate surface area is 183 Å². The first-order valence-corrected chi connectivity index (χ1v) is 10.1. The SMILES string of the molecule is CCNC(=NCc1ccccc1OC(F)F)NCCCSc1nccs1.I. The maximum absolute atomic E-state index is 12.5. The monoisotopic (exact) mass is 528 g/mol. The van der Waals surface area contributed by atoms with Crippen LogP contribution in [0.4, 0.5) is 8.78 Å². The normalized spacial score (nSPS) is 11.2. The highest BCUT2D eigenvalue weighted by Crippen LogP contribution is 2.21. The van der Waals surface area contributed by atoms with E-state index in [0.29, 0.717) is 11.5 Å². The summed E-state index contributed by atoms with van der Waals surface area (Å²) in [6.07, 6.45) is 2.76. The molecule has 10 heteroatoms. The molecule has 0 aliphatic heterocycles. The Bertz CT molecular complexity index is 675. The molecule has 1 heterocycles. The zero-order valence-corrected chi connectivity index (χ0v) is 18.8. The number of nitrogens with one attached hydrogen (secondary N) is 2. The summed E-state index contributed by atoms with van der Waals surface area (Å²) in [5, 5.41) is 8.37. The number of thioether (sulfide) groups is 1. The number of nitrogens with zero attached hydrogens (tertiary/aromatic N) is 2. The zero-order valence-electron chi connectivity index (χ0n) is 14.9. The number of guanidine groups is 1. The molecule has 2 N–H and O–H groups in total. The molecular formula is C17H23F2IN4OS2. The van der Waals surface area contributed by atoms with E-state index in [0.717, 1.165) is 29.6 Å². The second-order valence-corrected chi connectivity index (χ2v) is 7.34. The van der Waals surface area contributed by atoms with Crippen molar-refractivity contribution in [1.82, 2.24) is 15.6 Å². The summed E-state index contributed by atoms with van der Waals surface area (Å²) in [7, 11) is 0. The summed E-state index contributed by atoms with van der Waals surface area (Å²) in [6, 6.07) is 6.69. The van der Waals surface area contributed by atoms with Gasteiger partial charge in [-0.25, -0.2) is 9.98 Å². The van der Waals surface area contributed by atoms with E-state index in [1.165, 1.54) is 6.07 Å². The number of aliphatic imine (C=N–C) groups is 1. The fourth-order valence-corrected chi connectivity index (χ4v) is 3.72. The van der Waals surface area contributed by atoms with Crippen molar-refractivity contribution >= 4 is 53.0 Å². The summed E-state index contributed by atoms with van der Waals surface area (Å²) >= 11 is 3.37. The number of halogens is 3. The fourth-order valence-electron chi connectivity index (χ4n) is 2.07. The van der Waals surface area contributed by atoms with Crippen LogP contribution in [-0.2, 0) is 6.54 Å². The Kier molecular flexibility index (Phi) is 12.3. The van der Waals surface area contributed by atoms with E-state index in [9.17, 15) is 8.78 Å². The molecule has 0 spiro atoms. The predicted molar refractivity (Wildman–Crippen MR) is 119 cm³/mol. The molecule has 0 saturated carbocycles. The summed E-state index contributed by atoms with van der Waals surface area (Å²) in [6.45, 7) is 0.867. The van der Waals surface area contributed by atoms with Gasteiger partial charge in [-0.2, -0.15) is 8.78 Å². The van der Waals surface area contributed by atoms with Crippen molar-refractivity contribution < 1.29 is 13.5 Å². The number of ether oxygens (including phenoxy) is 1. The standard InChI is InChI=1S/C17H22F2N4OS2.HI/c1-2-20-16(21-8-5-10-25-17-22-9-11-26-17)23-12-13-6-3-4-7-14(13)24-15(18)19;/h3-4,6-7,9,11,15H,2,5,8,10,12H2,1H3,(H2,20,21,23);1H. The highest BCUT2D eigenvalue weighted by Gasteiger charge is 2.09. The van der Waals surface area contributed by atoms with Gasteiger partial charge in [-0.05, 0) is 19.4 Å². The maximum Gasteiger partial charge on any atom is 0.387 e. The molecule has 0 unspecified atom stereocenters. The van der Waals surface area contributed by atoms with Crippen molar-refractivity contribution in [3.8, 4) is 5.75 Å². The van der Waals surface area contributed by atoms with Crippen LogP contribution < -0.4 is 15.4 Å². The third-order valence-electron chi connectivity index (χ3n) is 3.19. The van der Waals surface area contributed by atoms with Crippen molar-refractivity contribution in [2.24, 2.45) is 4.99 Å². The van der Waals surface area contributed by atoms with Crippen molar-refractivity contribution in [2.75, 3.05) is 18.8 Å². The first-order chi connectivity index (χ1) is 12.7. The van der Waals surface area contributed by atoms with Crippen LogP contribution in [0.2, 0.25) is 0 Å². The first-order valence-electron chi connectivity index (χ1n) is 8.26. The summed E-state index contributed by atoms with van der Waals surface area (Å²) in [5.41, 5.74) is 0.615. The van der Waals surface area contributed by atoms with Gasteiger partial charge >= 0.3 is 6.61 Å². The molecule has 0 fully saturated rings. The highest BCUT2D eigenvalue weighted by molar-refractivity contribution is 14.0. The van der Waals surface area contributed by atoms with Crippen LogP contribution in [0, 0.1) is 0 Å². The van der Waals surface area contributed by atoms with E-state index in [-0.39, 0.29) is 36.3 Å². The van der Waals surface area contributed by atoms with Gasteiger partial charge in [0, 0.05) is 36.0 Å². The second-order valence-electron chi connectivity index (χ2n) is 5.11. The van der Waals surface area contributed by atoms with Crippen LogP contribution in [0.1, 0.15) is 18.9 Å². The molecule has 2 rings (SSSR count). The summed E-state index contributed by atoms with van der Waals surface area (Å²) in [5.74, 6) is 1.77. The molecule has 150 valence electrons. The molecule has 0 amide bonds. The number of rotatable bonds is 10. The Morgan fingerprint density at radius 2 is 2.15 bits per heavy atom. The lowest BCUT2D eigenvalue weighted by molar-refractivity contribution is -0.0504. The van der Waals surface area contributed by atoms with Crippen molar-refractivity contribution in [3.05, 3.63) is 41.4 Å². The Hall–Kier alpha value is -1.14. The van der Waals surface area contributed by atoms with Crippen LogP contribution in [-0.4, -0.2) is 36.4 Å². The quantitative estimate of drug-likeness (QED) is 0.155. The number of hydrogen-bond donors (Lipinski definition) is 2. The average molecular weight is 528 g/mol. The van der Waals surface area contributed by atoms with Crippen LogP contribution in [0.3, 0.4) is 0 Å². The van der Waals surface area contributed by atoms with Gasteiger partial charge in [0.25, 0.3) is 0 Å². The third kappa shape index (κ3) is 9.56. The van der Waals surface area contributed by atoms with Gasteiger partial charge < -0.3 is 15.4 Å². The largest absolute Gasteiger partial charge is 0.434 e. The average Bonchev–Trinajstić information content (AvgIpc) is 3.13. The number of hydrogen-bond acceptors (Lipinski definition) is 5. The van der Waals surface area contributed by atoms with Gasteiger partial charge in [0.15, 0.2) is 5.96 Å². The molecule has 0 radical (unpaired) electrons. The smallest absolute Gasteiger partial charge is 0.387 e. The highest BCUT2D eigenvalue weighted by atomic mass is 127.